The van der Waals surface area contributed by atoms with Crippen LogP contribution in [0.3, 0.4) is 0 Å². The van der Waals surface area contributed by atoms with Crippen molar-refractivity contribution in [2.75, 3.05) is 31.5 Å². The average Bonchev–Trinajstić information content (AvgIpc) is 2.26. The van der Waals surface area contributed by atoms with Crippen LogP contribution in [0.5, 0.6) is 5.75 Å². The second-order valence-corrected chi connectivity index (χ2v) is 5.95. The van der Waals surface area contributed by atoms with Crippen LogP contribution in [0.4, 0.5) is 5.69 Å². The molecule has 0 amide bonds. The highest BCUT2D eigenvalue weighted by atomic mass is 32.2. The first-order valence-corrected chi connectivity index (χ1v) is 7.18. The normalized spacial score (nSPS) is 11.0. The molecule has 0 aliphatic heterocycles. The molecular weight excluding hydrogens is 258 g/mol. The van der Waals surface area contributed by atoms with Crippen molar-refractivity contribution >= 4 is 21.5 Å². The maximum Gasteiger partial charge on any atom is 0.344 e. The Kier molecular flexibility index (Phi) is 4.55. The molecule has 18 heavy (non-hydrogen) atoms. The van der Waals surface area contributed by atoms with Crippen LogP contribution in [0, 0.1) is 0 Å². The van der Waals surface area contributed by atoms with Gasteiger partial charge in [-0.2, -0.15) is 0 Å². The molecule has 0 fully saturated rings. The summed E-state index contributed by atoms with van der Waals surface area (Å²) in [6.07, 6.45) is 1.07. The Balaban J connectivity index is 2.79. The van der Waals surface area contributed by atoms with Crippen LogP contribution in [-0.2, 0) is 14.6 Å². The Labute approximate surface area is 106 Å². The van der Waals surface area contributed by atoms with E-state index in [0.717, 1.165) is 6.26 Å². The minimum atomic E-state index is -3.17. The highest BCUT2D eigenvalue weighted by molar-refractivity contribution is 7.90. The molecule has 0 saturated carbocycles. The Hall–Kier alpha value is -1.76. The van der Waals surface area contributed by atoms with Crippen molar-refractivity contribution in [1.82, 2.24) is 0 Å². The number of anilines is 1. The largest absolute Gasteiger partial charge is 0.496 e. The van der Waals surface area contributed by atoms with Gasteiger partial charge in [0.25, 0.3) is 0 Å². The third-order valence-electron chi connectivity index (χ3n) is 2.17. The lowest BCUT2D eigenvalue weighted by Gasteiger charge is -2.10. The van der Waals surface area contributed by atoms with Crippen molar-refractivity contribution < 1.29 is 22.7 Å². The topological polar surface area (TPSA) is 95.7 Å². The van der Waals surface area contributed by atoms with Gasteiger partial charge in [0.05, 0.1) is 12.9 Å². The third kappa shape index (κ3) is 3.92. The summed E-state index contributed by atoms with van der Waals surface area (Å²) in [7, 11) is -1.76. The van der Waals surface area contributed by atoms with E-state index >= 15 is 0 Å². The van der Waals surface area contributed by atoms with Gasteiger partial charge in [0.2, 0.25) is 0 Å². The summed E-state index contributed by atoms with van der Waals surface area (Å²) in [5.74, 6) is -0.638. The van der Waals surface area contributed by atoms with Crippen LogP contribution in [0.25, 0.3) is 0 Å². The van der Waals surface area contributed by atoms with E-state index in [1.807, 2.05) is 0 Å². The predicted molar refractivity (Wildman–Crippen MR) is 67.4 cm³/mol. The van der Waals surface area contributed by atoms with Crippen LogP contribution < -0.4 is 10.5 Å². The van der Waals surface area contributed by atoms with Gasteiger partial charge in [-0.15, -0.1) is 0 Å². The molecule has 0 radical (unpaired) electrons. The molecule has 1 aromatic rings. The molecule has 2 N–H and O–H groups in total. The number of carbonyl (C=O) groups is 1. The highest BCUT2D eigenvalue weighted by Crippen LogP contribution is 2.24. The number of nitrogen functional groups attached to an aromatic ring is 1. The molecule has 0 spiro atoms. The summed E-state index contributed by atoms with van der Waals surface area (Å²) in [5, 5.41) is 0. The van der Waals surface area contributed by atoms with Gasteiger partial charge in [-0.25, -0.2) is 13.2 Å². The van der Waals surface area contributed by atoms with E-state index in [4.69, 9.17) is 15.2 Å². The lowest BCUT2D eigenvalue weighted by atomic mass is 10.1. The standard InChI is InChI=1S/C11H15NO5S/c1-16-9-5-3-4-8(12)10(9)11(13)17-6-7-18(2,14)15/h3-5H,6-7,12H2,1-2H3. The Bertz CT molecular complexity index is 538. The number of methoxy groups -OCH3 is 1. The van der Waals surface area contributed by atoms with Crippen LogP contribution in [0.15, 0.2) is 18.2 Å². The maximum atomic E-state index is 11.8. The molecule has 1 rings (SSSR count). The van der Waals surface area contributed by atoms with Crippen molar-refractivity contribution in [3.63, 3.8) is 0 Å². The van der Waals surface area contributed by atoms with E-state index < -0.39 is 15.8 Å². The number of nitrogens with two attached hydrogens (primary N) is 1. The second-order valence-electron chi connectivity index (χ2n) is 3.69. The zero-order valence-corrected chi connectivity index (χ0v) is 11.0. The maximum absolute atomic E-state index is 11.8. The molecule has 0 unspecified atom stereocenters. The monoisotopic (exact) mass is 273 g/mol. The molecule has 0 saturated heterocycles. The van der Waals surface area contributed by atoms with Gasteiger partial charge in [0.15, 0.2) is 9.84 Å². The number of hydrogen-bond donors (Lipinski definition) is 1. The average molecular weight is 273 g/mol. The fourth-order valence-corrected chi connectivity index (χ4v) is 1.68. The summed E-state index contributed by atoms with van der Waals surface area (Å²) in [4.78, 5) is 11.8. The fraction of sp³-hybridized carbons (Fsp3) is 0.364. The molecule has 0 aliphatic carbocycles. The number of esters is 1. The van der Waals surface area contributed by atoms with Crippen LogP contribution >= 0.6 is 0 Å². The molecule has 0 atom stereocenters. The van der Waals surface area contributed by atoms with Gasteiger partial charge >= 0.3 is 5.97 Å². The molecule has 0 heterocycles. The minimum Gasteiger partial charge on any atom is -0.496 e. The van der Waals surface area contributed by atoms with Gasteiger partial charge in [-0.3, -0.25) is 0 Å². The van der Waals surface area contributed by atoms with E-state index in [1.165, 1.54) is 13.2 Å². The first-order chi connectivity index (χ1) is 8.35. The highest BCUT2D eigenvalue weighted by Gasteiger charge is 2.17. The Morgan fingerprint density at radius 2 is 2.06 bits per heavy atom. The zero-order valence-electron chi connectivity index (χ0n) is 10.2. The van der Waals surface area contributed by atoms with Crippen molar-refractivity contribution in [2.45, 2.75) is 0 Å². The molecule has 0 bridgehead atoms. The zero-order chi connectivity index (χ0) is 13.8. The van der Waals surface area contributed by atoms with E-state index in [1.54, 1.807) is 12.1 Å². The van der Waals surface area contributed by atoms with Crippen LogP contribution in [0.1, 0.15) is 10.4 Å². The van der Waals surface area contributed by atoms with E-state index in [2.05, 4.69) is 0 Å². The number of hydrogen-bond acceptors (Lipinski definition) is 6. The van der Waals surface area contributed by atoms with E-state index in [-0.39, 0.29) is 23.6 Å². The number of rotatable bonds is 5. The summed E-state index contributed by atoms with van der Waals surface area (Å²) in [6.45, 7) is -0.213. The molecule has 0 aliphatic rings. The van der Waals surface area contributed by atoms with Gasteiger partial charge in [-0.05, 0) is 12.1 Å². The molecule has 6 nitrogen and oxygen atoms in total. The Morgan fingerprint density at radius 1 is 1.39 bits per heavy atom. The summed E-state index contributed by atoms with van der Waals surface area (Å²) in [6, 6.07) is 4.75. The van der Waals surface area contributed by atoms with Crippen LogP contribution in [-0.4, -0.2) is 40.1 Å². The van der Waals surface area contributed by atoms with E-state index in [9.17, 15) is 13.2 Å². The van der Waals surface area contributed by atoms with Gasteiger partial charge in [0, 0.05) is 11.9 Å². The second kappa shape index (κ2) is 5.72. The number of benzene rings is 1. The van der Waals surface area contributed by atoms with Gasteiger partial charge in [0.1, 0.15) is 17.9 Å². The van der Waals surface area contributed by atoms with Gasteiger partial charge < -0.3 is 15.2 Å². The van der Waals surface area contributed by atoms with Crippen molar-refractivity contribution in [1.29, 1.82) is 0 Å². The first-order valence-electron chi connectivity index (χ1n) is 5.12. The van der Waals surface area contributed by atoms with Crippen molar-refractivity contribution in [2.24, 2.45) is 0 Å². The number of sulfone groups is 1. The first kappa shape index (κ1) is 14.3. The SMILES string of the molecule is COc1cccc(N)c1C(=O)OCCS(C)(=O)=O. The summed E-state index contributed by atoms with van der Waals surface area (Å²) >= 11 is 0. The number of ether oxygens (including phenoxy) is 2. The quantitative estimate of drug-likeness (QED) is 0.619. The molecule has 100 valence electrons. The summed E-state index contributed by atoms with van der Waals surface area (Å²) < 4.78 is 31.6. The molecule has 1 aromatic carbocycles. The Morgan fingerprint density at radius 3 is 2.61 bits per heavy atom. The lowest BCUT2D eigenvalue weighted by molar-refractivity contribution is 0.0527. The van der Waals surface area contributed by atoms with Crippen LogP contribution in [0.2, 0.25) is 0 Å². The van der Waals surface area contributed by atoms with Crippen molar-refractivity contribution in [3.05, 3.63) is 23.8 Å². The number of carbonyl (C=O) groups excluding carboxylic acids is 1. The van der Waals surface area contributed by atoms with E-state index in [0.29, 0.717) is 5.75 Å². The predicted octanol–water partition coefficient (Wildman–Crippen LogP) is 0.479. The lowest BCUT2D eigenvalue weighted by Crippen LogP contribution is -2.16. The fourth-order valence-electron chi connectivity index (χ4n) is 1.29. The minimum absolute atomic E-state index is 0.105. The molecule has 0 aromatic heterocycles. The van der Waals surface area contributed by atoms with Crippen molar-refractivity contribution in [3.8, 4) is 5.75 Å². The molecule has 7 heteroatoms. The summed E-state index contributed by atoms with van der Waals surface area (Å²) in [5.41, 5.74) is 5.98. The smallest absolute Gasteiger partial charge is 0.344 e. The third-order valence-corrected chi connectivity index (χ3v) is 3.08. The molecular formula is C11H15NO5S. The van der Waals surface area contributed by atoms with Gasteiger partial charge in [-0.1, -0.05) is 6.07 Å².